The number of benzene rings is 1. The number of ether oxygens (including phenoxy) is 1. The number of rotatable bonds is 8. The van der Waals surface area contributed by atoms with Crippen LogP contribution in [0.4, 0.5) is 32.2 Å². The van der Waals surface area contributed by atoms with Gasteiger partial charge in [-0.1, -0.05) is 32.9 Å². The van der Waals surface area contributed by atoms with Gasteiger partial charge in [0, 0.05) is 38.1 Å². The first-order chi connectivity index (χ1) is 22.0. The second-order valence-electron chi connectivity index (χ2n) is 12.1. The van der Waals surface area contributed by atoms with E-state index in [1.54, 1.807) is 29.2 Å². The van der Waals surface area contributed by atoms with Crippen molar-refractivity contribution in [3.8, 4) is 17.1 Å². The number of likely N-dealkylation sites (tertiary alicyclic amines) is 1. The van der Waals surface area contributed by atoms with Crippen molar-refractivity contribution in [3.63, 3.8) is 0 Å². The highest BCUT2D eigenvalue weighted by atomic mass is 19.1. The van der Waals surface area contributed by atoms with Gasteiger partial charge in [-0.3, -0.25) is 4.79 Å². The summed E-state index contributed by atoms with van der Waals surface area (Å²) in [5, 5.41) is 18.8. The van der Waals surface area contributed by atoms with Crippen molar-refractivity contribution >= 4 is 35.0 Å². The highest BCUT2D eigenvalue weighted by Crippen LogP contribution is 2.40. The lowest BCUT2D eigenvalue weighted by Crippen LogP contribution is -2.51. The molecule has 0 saturated carbocycles. The lowest BCUT2D eigenvalue weighted by atomic mass is 9.75. The maximum atomic E-state index is 13.5. The molecule has 1 aliphatic heterocycles. The summed E-state index contributed by atoms with van der Waals surface area (Å²) in [6.07, 6.45) is 6.00. The van der Waals surface area contributed by atoms with E-state index >= 15 is 0 Å². The second kappa shape index (κ2) is 13.3. The van der Waals surface area contributed by atoms with E-state index in [-0.39, 0.29) is 29.1 Å². The van der Waals surface area contributed by atoms with Gasteiger partial charge < -0.3 is 30.7 Å². The van der Waals surface area contributed by atoms with Gasteiger partial charge in [0.1, 0.15) is 11.6 Å². The molecule has 240 valence electrons. The van der Waals surface area contributed by atoms with Crippen LogP contribution in [0.3, 0.4) is 0 Å². The van der Waals surface area contributed by atoms with Gasteiger partial charge in [-0.25, -0.2) is 29.1 Å². The van der Waals surface area contributed by atoms with E-state index in [2.05, 4.69) is 56.7 Å². The molecule has 1 aliphatic rings. The number of carbonyl (C=O) groups is 2. The molecule has 4 heterocycles. The molecule has 0 radical (unpaired) electrons. The molecule has 2 atom stereocenters. The summed E-state index contributed by atoms with van der Waals surface area (Å²) in [7, 11) is 3.03. The Labute approximate surface area is 266 Å². The van der Waals surface area contributed by atoms with Gasteiger partial charge in [0.25, 0.3) is 5.91 Å². The lowest BCUT2D eigenvalue weighted by Gasteiger charge is -2.44. The number of hydrogen-bond acceptors (Lipinski definition) is 9. The predicted molar refractivity (Wildman–Crippen MR) is 172 cm³/mol. The van der Waals surface area contributed by atoms with Gasteiger partial charge in [-0.2, -0.15) is 0 Å². The highest BCUT2D eigenvalue weighted by Gasteiger charge is 2.39. The summed E-state index contributed by atoms with van der Waals surface area (Å²) < 4.78 is 19.1. The number of pyridine rings is 2. The molecule has 5 rings (SSSR count). The first-order valence-corrected chi connectivity index (χ1v) is 14.8. The Kier molecular flexibility index (Phi) is 9.31. The Morgan fingerprint density at radius 1 is 0.978 bits per heavy atom. The molecule has 3 aromatic heterocycles. The number of carbonyl (C=O) groups excluding carboxylic acids is 1. The van der Waals surface area contributed by atoms with Crippen LogP contribution in [0.15, 0.2) is 61.2 Å². The molecular formula is C33H37FN8O4. The monoisotopic (exact) mass is 628 g/mol. The summed E-state index contributed by atoms with van der Waals surface area (Å²) in [4.78, 5) is 43.4. The average molecular weight is 629 g/mol. The maximum absolute atomic E-state index is 13.5. The van der Waals surface area contributed by atoms with Crippen molar-refractivity contribution in [2.24, 2.45) is 5.41 Å². The summed E-state index contributed by atoms with van der Waals surface area (Å²) in [6, 6.07) is 10.8. The minimum atomic E-state index is -0.882. The van der Waals surface area contributed by atoms with Crippen LogP contribution in [-0.2, 0) is 0 Å². The van der Waals surface area contributed by atoms with Crippen LogP contribution in [0, 0.1) is 11.2 Å². The van der Waals surface area contributed by atoms with Crippen molar-refractivity contribution in [1.82, 2.24) is 30.2 Å². The van der Waals surface area contributed by atoms with Crippen molar-refractivity contribution in [3.05, 3.63) is 78.1 Å². The first-order valence-electron chi connectivity index (χ1n) is 14.8. The first kappa shape index (κ1) is 32.1. The maximum Gasteiger partial charge on any atom is 0.407 e. The minimum Gasteiger partial charge on any atom is -0.494 e. The number of aromatic nitrogens is 4. The number of carboxylic acid groups (broad SMARTS) is 1. The van der Waals surface area contributed by atoms with Crippen LogP contribution >= 0.6 is 0 Å². The predicted octanol–water partition coefficient (Wildman–Crippen LogP) is 6.20. The summed E-state index contributed by atoms with van der Waals surface area (Å²) in [5.74, 6) is 0.971. The Morgan fingerprint density at radius 3 is 2.35 bits per heavy atom. The highest BCUT2D eigenvalue weighted by molar-refractivity contribution is 6.00. The normalized spacial score (nSPS) is 16.4. The van der Waals surface area contributed by atoms with Crippen LogP contribution < -0.4 is 20.7 Å². The Bertz CT molecular complexity index is 1710. The van der Waals surface area contributed by atoms with E-state index in [0.717, 1.165) is 30.8 Å². The van der Waals surface area contributed by atoms with Gasteiger partial charge >= 0.3 is 6.09 Å². The lowest BCUT2D eigenvalue weighted by molar-refractivity contribution is 0.0525. The van der Waals surface area contributed by atoms with Gasteiger partial charge in [-0.05, 0) is 47.9 Å². The number of piperidine rings is 1. The molecule has 2 unspecified atom stereocenters. The number of nitrogens with one attached hydrogen (secondary N) is 3. The number of anilines is 4. The molecule has 2 amide bonds. The summed E-state index contributed by atoms with van der Waals surface area (Å²) in [5.41, 5.74) is 2.66. The van der Waals surface area contributed by atoms with Gasteiger partial charge in [-0.15, -0.1) is 0 Å². The molecule has 4 N–H and O–H groups in total. The zero-order valence-corrected chi connectivity index (χ0v) is 26.3. The van der Waals surface area contributed by atoms with Crippen molar-refractivity contribution in [2.75, 3.05) is 31.3 Å². The van der Waals surface area contributed by atoms with Crippen LogP contribution in [0.25, 0.3) is 11.4 Å². The van der Waals surface area contributed by atoms with Gasteiger partial charge in [0.2, 0.25) is 0 Å². The smallest absolute Gasteiger partial charge is 0.407 e. The summed E-state index contributed by atoms with van der Waals surface area (Å²) in [6.45, 7) is 6.68. The zero-order valence-electron chi connectivity index (χ0n) is 26.3. The molecule has 46 heavy (non-hydrogen) atoms. The molecule has 0 bridgehead atoms. The van der Waals surface area contributed by atoms with Crippen molar-refractivity contribution < 1.29 is 23.8 Å². The number of para-hydroxylation sites is 1. The third-order valence-electron chi connectivity index (χ3n) is 8.09. The quantitative estimate of drug-likeness (QED) is 0.177. The van der Waals surface area contributed by atoms with Gasteiger partial charge in [0.15, 0.2) is 17.4 Å². The topological polar surface area (TPSA) is 154 Å². The molecule has 13 heteroatoms. The third-order valence-corrected chi connectivity index (χ3v) is 8.09. The van der Waals surface area contributed by atoms with E-state index < -0.39 is 11.9 Å². The molecule has 0 spiro atoms. The number of methoxy groups -OCH3 is 1. The summed E-state index contributed by atoms with van der Waals surface area (Å²) >= 11 is 0. The van der Waals surface area contributed by atoms with Crippen LogP contribution in [0.5, 0.6) is 5.75 Å². The SMILES string of the molecule is CNC(=O)c1cnc(Nc2ccc(C3CCN(C(=O)O)C(C(C)(C)C)C3)cn2)cc1Nc1cccc(-c2ncc(F)cn2)c1OC. The molecule has 12 nitrogen and oxygen atoms in total. The molecule has 1 aromatic carbocycles. The van der Waals surface area contributed by atoms with E-state index in [1.165, 1.54) is 20.4 Å². The Balaban J connectivity index is 1.38. The number of nitrogens with zero attached hydrogens (tertiary/aromatic N) is 5. The molecule has 1 fully saturated rings. The minimum absolute atomic E-state index is 0.0990. The van der Waals surface area contributed by atoms with Crippen LogP contribution in [-0.4, -0.2) is 68.7 Å². The second-order valence-corrected chi connectivity index (χ2v) is 12.1. The Morgan fingerprint density at radius 2 is 1.72 bits per heavy atom. The van der Waals surface area contributed by atoms with Crippen molar-refractivity contribution in [1.29, 1.82) is 0 Å². The van der Waals surface area contributed by atoms with E-state index in [9.17, 15) is 19.1 Å². The molecule has 4 aromatic rings. The van der Waals surface area contributed by atoms with Crippen molar-refractivity contribution in [2.45, 2.75) is 45.6 Å². The number of hydrogen-bond donors (Lipinski definition) is 4. The van der Waals surface area contributed by atoms with E-state index in [4.69, 9.17) is 4.74 Å². The van der Waals surface area contributed by atoms with Gasteiger partial charge in [0.05, 0.1) is 42.0 Å². The molecule has 1 saturated heterocycles. The van der Waals surface area contributed by atoms with E-state index in [1.807, 2.05) is 18.3 Å². The van der Waals surface area contributed by atoms with E-state index in [0.29, 0.717) is 46.4 Å². The fraction of sp³-hybridized carbons (Fsp3) is 0.333. The van der Waals surface area contributed by atoms with Crippen LogP contribution in [0.1, 0.15) is 55.5 Å². The fourth-order valence-electron chi connectivity index (χ4n) is 5.74. The molecule has 0 aliphatic carbocycles. The largest absolute Gasteiger partial charge is 0.494 e. The zero-order chi connectivity index (χ0) is 33.0. The third kappa shape index (κ3) is 6.98. The Hall–Kier alpha value is -5.33. The number of halogens is 1. The fourth-order valence-corrected chi connectivity index (χ4v) is 5.74. The molecular weight excluding hydrogens is 591 g/mol. The average Bonchev–Trinajstić information content (AvgIpc) is 3.04. The number of amides is 2. The van der Waals surface area contributed by atoms with Crippen LogP contribution in [0.2, 0.25) is 0 Å². The standard InChI is InChI=1S/C33H37FN8O4/c1-33(2,3)26-13-19(11-12-42(26)32(44)45)20-9-10-27(36-15-20)41-28-14-25(23(18-37-28)31(43)35-4)40-24-8-6-7-22(29(24)46-5)30-38-16-21(34)17-39-30/h6-10,14-19,26H,11-13H2,1-5H3,(H,35,43)(H,44,45)(H2,36,37,40,41).